The molecule has 0 aliphatic heterocycles. The maximum Gasteiger partial charge on any atom is 0.356 e. The molecule has 23 heavy (non-hydrogen) atoms. The van der Waals surface area contributed by atoms with Crippen LogP contribution in [0.4, 0.5) is 15.8 Å². The van der Waals surface area contributed by atoms with Gasteiger partial charge in [0.25, 0.3) is 0 Å². The zero-order valence-electron chi connectivity index (χ0n) is 12.0. The van der Waals surface area contributed by atoms with E-state index >= 15 is 0 Å². The van der Waals surface area contributed by atoms with Crippen LogP contribution in [0.25, 0.3) is 11.0 Å². The molecule has 116 valence electrons. The van der Waals surface area contributed by atoms with Gasteiger partial charge in [-0.1, -0.05) is 17.7 Å². The molecule has 0 amide bonds. The highest BCUT2D eigenvalue weighted by Crippen LogP contribution is 2.28. The number of pyridine rings is 2. The molecule has 0 aliphatic rings. The quantitative estimate of drug-likeness (QED) is 0.736. The highest BCUT2D eigenvalue weighted by molar-refractivity contribution is 6.31. The molecular weight excluding hydrogens is 321 g/mol. The van der Waals surface area contributed by atoms with Gasteiger partial charge in [0.15, 0.2) is 5.82 Å². The number of benzene rings is 1. The van der Waals surface area contributed by atoms with Crippen molar-refractivity contribution in [2.75, 3.05) is 12.4 Å². The topological polar surface area (TPSA) is 64.1 Å². The number of aromatic nitrogens is 2. The van der Waals surface area contributed by atoms with Crippen LogP contribution in [0.3, 0.4) is 0 Å². The summed E-state index contributed by atoms with van der Waals surface area (Å²) in [5, 5.41) is 2.94. The summed E-state index contributed by atoms with van der Waals surface area (Å²) in [5.74, 6) is -1.13. The summed E-state index contributed by atoms with van der Waals surface area (Å²) in [6, 6.07) is 9.44. The first kappa shape index (κ1) is 15.2. The van der Waals surface area contributed by atoms with Crippen LogP contribution < -0.4 is 5.32 Å². The average Bonchev–Trinajstić information content (AvgIpc) is 2.58. The summed E-state index contributed by atoms with van der Waals surface area (Å²) in [7, 11) is 1.28. The summed E-state index contributed by atoms with van der Waals surface area (Å²) < 4.78 is 18.7. The fourth-order valence-corrected chi connectivity index (χ4v) is 2.26. The number of nitrogens with zero attached hydrogens (tertiary/aromatic N) is 2. The van der Waals surface area contributed by atoms with Crippen molar-refractivity contribution in [2.24, 2.45) is 0 Å². The number of nitrogens with one attached hydrogen (secondary N) is 1. The van der Waals surface area contributed by atoms with E-state index < -0.39 is 11.8 Å². The minimum absolute atomic E-state index is 0.0107. The molecule has 1 N–H and O–H groups in total. The van der Waals surface area contributed by atoms with Crippen molar-refractivity contribution >= 4 is 40.0 Å². The normalized spacial score (nSPS) is 10.6. The van der Waals surface area contributed by atoms with Crippen molar-refractivity contribution in [3.05, 3.63) is 59.1 Å². The van der Waals surface area contributed by atoms with Crippen LogP contribution >= 0.6 is 11.6 Å². The van der Waals surface area contributed by atoms with E-state index in [-0.39, 0.29) is 16.4 Å². The lowest BCUT2D eigenvalue weighted by atomic mass is 10.2. The Morgan fingerprint density at radius 3 is 2.83 bits per heavy atom. The highest BCUT2D eigenvalue weighted by Gasteiger charge is 2.12. The van der Waals surface area contributed by atoms with Gasteiger partial charge in [-0.3, -0.25) is 4.98 Å². The number of esters is 1. The molecule has 2 aromatic heterocycles. The Balaban J connectivity index is 2.09. The van der Waals surface area contributed by atoms with Gasteiger partial charge in [0.1, 0.15) is 11.2 Å². The van der Waals surface area contributed by atoms with E-state index in [0.717, 1.165) is 0 Å². The number of carbonyl (C=O) groups excluding carboxylic acids is 1. The monoisotopic (exact) mass is 331 g/mol. The molecule has 0 fully saturated rings. The molecule has 3 rings (SSSR count). The molecule has 5 nitrogen and oxygen atoms in total. The third-order valence-corrected chi connectivity index (χ3v) is 3.49. The highest BCUT2D eigenvalue weighted by atomic mass is 35.5. The Morgan fingerprint density at radius 1 is 1.22 bits per heavy atom. The first-order chi connectivity index (χ1) is 11.1. The van der Waals surface area contributed by atoms with Crippen molar-refractivity contribution < 1.29 is 13.9 Å². The van der Waals surface area contributed by atoms with Crippen LogP contribution in [0.1, 0.15) is 10.5 Å². The van der Waals surface area contributed by atoms with Crippen LogP contribution in [0.2, 0.25) is 5.02 Å². The van der Waals surface area contributed by atoms with Crippen molar-refractivity contribution in [3.8, 4) is 0 Å². The number of hydrogen-bond acceptors (Lipinski definition) is 5. The molecule has 1 aromatic carbocycles. The third-order valence-electron chi connectivity index (χ3n) is 3.20. The largest absolute Gasteiger partial charge is 0.464 e. The fraction of sp³-hybridized carbons (Fsp3) is 0.0625. The summed E-state index contributed by atoms with van der Waals surface area (Å²) in [4.78, 5) is 20.0. The lowest BCUT2D eigenvalue weighted by Gasteiger charge is -2.10. The smallest absolute Gasteiger partial charge is 0.356 e. The second-order valence-electron chi connectivity index (χ2n) is 4.64. The zero-order valence-corrected chi connectivity index (χ0v) is 12.8. The van der Waals surface area contributed by atoms with Gasteiger partial charge in [-0.15, -0.1) is 0 Å². The van der Waals surface area contributed by atoms with Gasteiger partial charge in [-0.2, -0.15) is 0 Å². The molecule has 3 aromatic rings. The Hall–Kier alpha value is -2.73. The molecular formula is C16H11ClFN3O2. The fourth-order valence-electron chi connectivity index (χ4n) is 2.09. The predicted octanol–water partition coefficient (Wildman–Crippen LogP) is 3.95. The van der Waals surface area contributed by atoms with Crippen molar-refractivity contribution in [1.29, 1.82) is 0 Å². The van der Waals surface area contributed by atoms with Crippen LogP contribution in [-0.4, -0.2) is 23.0 Å². The first-order valence-electron chi connectivity index (χ1n) is 6.65. The molecule has 0 atom stereocenters. The summed E-state index contributed by atoms with van der Waals surface area (Å²) in [5.41, 5.74) is 1.83. The van der Waals surface area contributed by atoms with E-state index in [9.17, 15) is 9.18 Å². The number of fused-ring (bicyclic) bond motifs is 1. The van der Waals surface area contributed by atoms with E-state index in [0.29, 0.717) is 16.7 Å². The Kier molecular flexibility index (Phi) is 4.08. The predicted molar refractivity (Wildman–Crippen MR) is 85.6 cm³/mol. The molecule has 0 unspecified atom stereocenters. The standard InChI is InChI=1S/C16H11ClFN3O2/c1-23-16(22)13-6-5-11-15(21-13)12(7-8-19-11)20-10-4-2-3-9(17)14(10)18/h2-8H,1H3,(H,19,20). The Bertz CT molecular complexity index is 902. The minimum Gasteiger partial charge on any atom is -0.464 e. The Morgan fingerprint density at radius 2 is 2.04 bits per heavy atom. The number of ether oxygens (including phenoxy) is 1. The lowest BCUT2D eigenvalue weighted by molar-refractivity contribution is 0.0594. The van der Waals surface area contributed by atoms with E-state index in [2.05, 4.69) is 20.0 Å². The molecule has 0 saturated carbocycles. The summed E-state index contributed by atoms with van der Waals surface area (Å²) in [6.45, 7) is 0. The van der Waals surface area contributed by atoms with Crippen LogP contribution in [0, 0.1) is 5.82 Å². The van der Waals surface area contributed by atoms with Crippen molar-refractivity contribution in [2.45, 2.75) is 0 Å². The number of halogens is 2. The molecule has 0 saturated heterocycles. The van der Waals surface area contributed by atoms with Crippen LogP contribution in [-0.2, 0) is 4.74 Å². The molecule has 0 radical (unpaired) electrons. The van der Waals surface area contributed by atoms with Gasteiger partial charge >= 0.3 is 5.97 Å². The number of anilines is 2. The Labute approximate surface area is 136 Å². The number of rotatable bonds is 3. The number of hydrogen-bond donors (Lipinski definition) is 1. The zero-order chi connectivity index (χ0) is 16.4. The van der Waals surface area contributed by atoms with Gasteiger partial charge in [-0.25, -0.2) is 14.2 Å². The SMILES string of the molecule is COC(=O)c1ccc2nccc(Nc3cccc(Cl)c3F)c2n1. The van der Waals surface area contributed by atoms with Crippen LogP contribution in [0.5, 0.6) is 0 Å². The van der Waals surface area contributed by atoms with Gasteiger partial charge in [0.2, 0.25) is 0 Å². The molecule has 0 bridgehead atoms. The third kappa shape index (κ3) is 2.93. The maximum absolute atomic E-state index is 14.0. The van der Waals surface area contributed by atoms with E-state index in [1.54, 1.807) is 30.5 Å². The molecule has 0 aliphatic carbocycles. The molecule has 0 spiro atoms. The van der Waals surface area contributed by atoms with E-state index in [4.69, 9.17) is 11.6 Å². The second kappa shape index (κ2) is 6.18. The summed E-state index contributed by atoms with van der Waals surface area (Å²) >= 11 is 5.78. The number of methoxy groups -OCH3 is 1. The van der Waals surface area contributed by atoms with Gasteiger partial charge in [0.05, 0.1) is 29.0 Å². The molecule has 7 heteroatoms. The van der Waals surface area contributed by atoms with Crippen molar-refractivity contribution in [3.63, 3.8) is 0 Å². The lowest BCUT2D eigenvalue weighted by Crippen LogP contribution is -2.05. The van der Waals surface area contributed by atoms with Gasteiger partial charge in [-0.05, 0) is 30.3 Å². The summed E-state index contributed by atoms with van der Waals surface area (Å²) in [6.07, 6.45) is 1.56. The first-order valence-corrected chi connectivity index (χ1v) is 7.03. The van der Waals surface area contributed by atoms with Gasteiger partial charge < -0.3 is 10.1 Å². The minimum atomic E-state index is -0.566. The second-order valence-corrected chi connectivity index (χ2v) is 5.05. The molecule has 2 heterocycles. The number of carbonyl (C=O) groups is 1. The van der Waals surface area contributed by atoms with E-state index in [1.807, 2.05) is 0 Å². The maximum atomic E-state index is 14.0. The van der Waals surface area contributed by atoms with Gasteiger partial charge in [0, 0.05) is 6.20 Å². The van der Waals surface area contributed by atoms with Crippen LogP contribution in [0.15, 0.2) is 42.6 Å². The average molecular weight is 332 g/mol. The van der Waals surface area contributed by atoms with Crippen molar-refractivity contribution in [1.82, 2.24) is 9.97 Å². The van der Waals surface area contributed by atoms with E-state index in [1.165, 1.54) is 19.2 Å².